The predicted octanol–water partition coefficient (Wildman–Crippen LogP) is 2.76. The molecule has 0 saturated heterocycles. The Morgan fingerprint density at radius 2 is 2.00 bits per heavy atom. The van der Waals surface area contributed by atoms with Crippen LogP contribution in [0.4, 0.5) is 5.00 Å². The number of H-pyrrole nitrogens is 1. The molecule has 0 atom stereocenters. The second kappa shape index (κ2) is 9.95. The van der Waals surface area contributed by atoms with Gasteiger partial charge >= 0.3 is 11.9 Å². The Balaban J connectivity index is 1.32. The van der Waals surface area contributed by atoms with Crippen LogP contribution in [0.15, 0.2) is 29.1 Å². The summed E-state index contributed by atoms with van der Waals surface area (Å²) in [7, 11) is 0. The van der Waals surface area contributed by atoms with Crippen molar-refractivity contribution in [3.05, 3.63) is 56.4 Å². The number of benzene rings is 1. The van der Waals surface area contributed by atoms with Gasteiger partial charge in [-0.25, -0.2) is 9.78 Å². The number of carbonyl (C=O) groups excluding carboxylic acids is 3. The standard InChI is InChI=1S/C23H23N3O6S/c1-2-31-23(30)20-14-7-5-9-16(14)33-22(20)26-18(27)12-32-19(28)11-10-17-24-15-8-4-3-6-13(15)21(29)25-17/h3-4,6,8H,2,5,7,9-12H2,1H3,(H,26,27)(H,24,25,29). The number of thiophene rings is 1. The van der Waals surface area contributed by atoms with Gasteiger partial charge in [0, 0.05) is 11.3 Å². The van der Waals surface area contributed by atoms with Gasteiger partial charge in [-0.1, -0.05) is 12.1 Å². The zero-order chi connectivity index (χ0) is 23.4. The molecule has 172 valence electrons. The van der Waals surface area contributed by atoms with E-state index >= 15 is 0 Å². The lowest BCUT2D eigenvalue weighted by Crippen LogP contribution is -2.22. The summed E-state index contributed by atoms with van der Waals surface area (Å²) in [6.45, 7) is 1.49. The van der Waals surface area contributed by atoms with Crippen molar-refractivity contribution >= 4 is 45.1 Å². The fourth-order valence-corrected chi connectivity index (χ4v) is 5.06. The minimum atomic E-state index is -0.597. The third-order valence-electron chi connectivity index (χ3n) is 5.25. The van der Waals surface area contributed by atoms with Gasteiger partial charge in [-0.15, -0.1) is 11.3 Å². The molecule has 0 bridgehead atoms. The highest BCUT2D eigenvalue weighted by Gasteiger charge is 2.28. The topological polar surface area (TPSA) is 127 Å². The molecule has 0 spiro atoms. The zero-order valence-corrected chi connectivity index (χ0v) is 18.9. The third-order valence-corrected chi connectivity index (χ3v) is 6.45. The summed E-state index contributed by atoms with van der Waals surface area (Å²) >= 11 is 1.36. The largest absolute Gasteiger partial charge is 0.462 e. The lowest BCUT2D eigenvalue weighted by atomic mass is 10.1. The Bertz CT molecular complexity index is 1280. The van der Waals surface area contributed by atoms with Gasteiger partial charge in [0.05, 0.1) is 29.5 Å². The van der Waals surface area contributed by atoms with Crippen molar-refractivity contribution in [3.63, 3.8) is 0 Å². The van der Waals surface area contributed by atoms with E-state index in [0.717, 1.165) is 29.7 Å². The van der Waals surface area contributed by atoms with Gasteiger partial charge in [0.15, 0.2) is 6.61 Å². The monoisotopic (exact) mass is 469 g/mol. The van der Waals surface area contributed by atoms with E-state index in [0.29, 0.717) is 27.3 Å². The molecule has 0 fully saturated rings. The first-order chi connectivity index (χ1) is 16.0. The number of aromatic nitrogens is 2. The van der Waals surface area contributed by atoms with E-state index in [1.54, 1.807) is 31.2 Å². The van der Waals surface area contributed by atoms with Crippen LogP contribution >= 0.6 is 11.3 Å². The lowest BCUT2D eigenvalue weighted by molar-refractivity contribution is -0.147. The first kappa shape index (κ1) is 22.7. The summed E-state index contributed by atoms with van der Waals surface area (Å²) in [5.41, 5.74) is 1.61. The Kier molecular flexibility index (Phi) is 6.83. The maximum Gasteiger partial charge on any atom is 0.341 e. The molecule has 4 rings (SSSR count). The van der Waals surface area contributed by atoms with Crippen LogP contribution in [0.3, 0.4) is 0 Å². The molecule has 0 radical (unpaired) electrons. The summed E-state index contributed by atoms with van der Waals surface area (Å²) in [5.74, 6) is -1.22. The number of hydrogen-bond acceptors (Lipinski definition) is 8. The molecule has 2 heterocycles. The van der Waals surface area contributed by atoms with Gasteiger partial charge in [-0.05, 0) is 43.9 Å². The second-order valence-electron chi connectivity index (χ2n) is 7.52. The molecular weight excluding hydrogens is 446 g/mol. The lowest BCUT2D eigenvalue weighted by Gasteiger charge is -2.08. The van der Waals surface area contributed by atoms with Crippen molar-refractivity contribution in [3.8, 4) is 0 Å². The van der Waals surface area contributed by atoms with E-state index in [9.17, 15) is 19.2 Å². The Labute approximate surface area is 193 Å². The molecular formula is C23H23N3O6S. The first-order valence-corrected chi connectivity index (χ1v) is 11.5. The summed E-state index contributed by atoms with van der Waals surface area (Å²) in [4.78, 5) is 57.0. The number of nitrogens with zero attached hydrogens (tertiary/aromatic N) is 1. The van der Waals surface area contributed by atoms with Gasteiger partial charge in [0.25, 0.3) is 11.5 Å². The quantitative estimate of drug-likeness (QED) is 0.486. The Morgan fingerprint density at radius 1 is 1.18 bits per heavy atom. The van der Waals surface area contributed by atoms with Crippen LogP contribution in [-0.4, -0.2) is 41.0 Å². The van der Waals surface area contributed by atoms with Crippen LogP contribution in [0.2, 0.25) is 0 Å². The number of aryl methyl sites for hydroxylation is 2. The first-order valence-electron chi connectivity index (χ1n) is 10.7. The molecule has 3 aromatic rings. The van der Waals surface area contributed by atoms with E-state index in [1.807, 2.05) is 0 Å². The molecule has 1 aliphatic carbocycles. The smallest absolute Gasteiger partial charge is 0.341 e. The Hall–Kier alpha value is -3.53. The van der Waals surface area contributed by atoms with Crippen molar-refractivity contribution in [1.29, 1.82) is 0 Å². The summed E-state index contributed by atoms with van der Waals surface area (Å²) in [6, 6.07) is 6.93. The van der Waals surface area contributed by atoms with Gasteiger partial charge in [-0.3, -0.25) is 14.4 Å². The minimum Gasteiger partial charge on any atom is -0.462 e. The van der Waals surface area contributed by atoms with Crippen molar-refractivity contribution in [2.75, 3.05) is 18.5 Å². The molecule has 0 saturated carbocycles. The number of hydrogen-bond donors (Lipinski definition) is 2. The van der Waals surface area contributed by atoms with E-state index < -0.39 is 24.5 Å². The van der Waals surface area contributed by atoms with Crippen LogP contribution in [0.5, 0.6) is 0 Å². The SMILES string of the molecule is CCOC(=O)c1c(NC(=O)COC(=O)CCc2nc3ccccc3c(=O)[nH]2)sc2c1CCC2. The van der Waals surface area contributed by atoms with E-state index in [-0.39, 0.29) is 25.0 Å². The van der Waals surface area contributed by atoms with Gasteiger partial charge < -0.3 is 19.8 Å². The number of rotatable bonds is 8. The van der Waals surface area contributed by atoms with Crippen LogP contribution in [0.25, 0.3) is 10.9 Å². The molecule has 9 nitrogen and oxygen atoms in total. The Morgan fingerprint density at radius 3 is 2.82 bits per heavy atom. The number of para-hydroxylation sites is 1. The number of carbonyl (C=O) groups is 3. The fourth-order valence-electron chi connectivity index (χ4n) is 3.77. The molecule has 2 aromatic heterocycles. The molecule has 2 N–H and O–H groups in total. The molecule has 1 amide bonds. The molecule has 33 heavy (non-hydrogen) atoms. The maximum atomic E-state index is 12.4. The van der Waals surface area contributed by atoms with Gasteiger partial charge in [-0.2, -0.15) is 0 Å². The average molecular weight is 470 g/mol. The summed E-state index contributed by atoms with van der Waals surface area (Å²) < 4.78 is 10.2. The van der Waals surface area contributed by atoms with Crippen LogP contribution < -0.4 is 10.9 Å². The number of aromatic amines is 1. The average Bonchev–Trinajstić information content (AvgIpc) is 3.37. The minimum absolute atomic E-state index is 0.0457. The number of esters is 2. The van der Waals surface area contributed by atoms with Crippen LogP contribution in [-0.2, 0) is 38.3 Å². The molecule has 0 aliphatic heterocycles. The van der Waals surface area contributed by atoms with Gasteiger partial charge in [0.2, 0.25) is 0 Å². The summed E-state index contributed by atoms with van der Waals surface area (Å²) in [5, 5.41) is 3.58. The zero-order valence-electron chi connectivity index (χ0n) is 18.1. The van der Waals surface area contributed by atoms with Gasteiger partial charge in [0.1, 0.15) is 10.8 Å². The molecule has 1 aliphatic rings. The normalized spacial score (nSPS) is 12.4. The fraction of sp³-hybridized carbons (Fsp3) is 0.348. The van der Waals surface area contributed by atoms with E-state index in [2.05, 4.69) is 15.3 Å². The summed E-state index contributed by atoms with van der Waals surface area (Å²) in [6.07, 6.45) is 2.73. The van der Waals surface area contributed by atoms with Crippen LogP contribution in [0.1, 0.15) is 46.4 Å². The number of fused-ring (bicyclic) bond motifs is 2. The van der Waals surface area contributed by atoms with Crippen molar-refractivity contribution < 1.29 is 23.9 Å². The third kappa shape index (κ3) is 5.11. The molecule has 0 unspecified atom stereocenters. The highest BCUT2D eigenvalue weighted by Crippen LogP contribution is 2.39. The number of anilines is 1. The molecule has 10 heteroatoms. The van der Waals surface area contributed by atoms with E-state index in [1.165, 1.54) is 11.3 Å². The highest BCUT2D eigenvalue weighted by molar-refractivity contribution is 7.17. The maximum absolute atomic E-state index is 12.4. The van der Waals surface area contributed by atoms with Crippen molar-refractivity contribution in [2.24, 2.45) is 0 Å². The number of ether oxygens (including phenoxy) is 2. The van der Waals surface area contributed by atoms with Crippen molar-refractivity contribution in [2.45, 2.75) is 39.0 Å². The second-order valence-corrected chi connectivity index (χ2v) is 8.63. The molecule has 1 aromatic carbocycles. The highest BCUT2D eigenvalue weighted by atomic mass is 32.1. The van der Waals surface area contributed by atoms with E-state index in [4.69, 9.17) is 9.47 Å². The number of nitrogens with one attached hydrogen (secondary N) is 2. The number of amides is 1. The van der Waals surface area contributed by atoms with Crippen LogP contribution in [0, 0.1) is 0 Å². The van der Waals surface area contributed by atoms with Crippen molar-refractivity contribution in [1.82, 2.24) is 9.97 Å². The predicted molar refractivity (Wildman–Crippen MR) is 123 cm³/mol.